The van der Waals surface area contributed by atoms with Crippen LogP contribution < -0.4 is 5.73 Å². The van der Waals surface area contributed by atoms with Gasteiger partial charge in [0.05, 0.1) is 0 Å². The van der Waals surface area contributed by atoms with E-state index in [-0.39, 0.29) is 30.1 Å². The van der Waals surface area contributed by atoms with E-state index in [1.54, 1.807) is 6.92 Å². The fourth-order valence-corrected chi connectivity index (χ4v) is 3.58. The highest BCUT2D eigenvalue weighted by molar-refractivity contribution is 6.02. The molecule has 1 aromatic rings. The van der Waals surface area contributed by atoms with E-state index >= 15 is 0 Å². The van der Waals surface area contributed by atoms with Crippen LogP contribution in [0.3, 0.4) is 0 Å². The van der Waals surface area contributed by atoms with Crippen LogP contribution in [0.2, 0.25) is 0 Å². The van der Waals surface area contributed by atoms with E-state index in [9.17, 15) is 9.59 Å². The van der Waals surface area contributed by atoms with Gasteiger partial charge in [0.2, 0.25) is 0 Å². The molecule has 2 heterocycles. The summed E-state index contributed by atoms with van der Waals surface area (Å²) in [6, 6.07) is 0.0883. The van der Waals surface area contributed by atoms with Crippen molar-refractivity contribution in [2.75, 3.05) is 13.1 Å². The van der Waals surface area contributed by atoms with Crippen LogP contribution in [-0.4, -0.2) is 40.7 Å². The van der Waals surface area contributed by atoms with Crippen molar-refractivity contribution in [3.63, 3.8) is 0 Å². The summed E-state index contributed by atoms with van der Waals surface area (Å²) in [6.07, 6.45) is 2.61. The van der Waals surface area contributed by atoms with Crippen LogP contribution in [0.4, 0.5) is 0 Å². The summed E-state index contributed by atoms with van der Waals surface area (Å²) in [5.41, 5.74) is 8.72. The number of hydrogen-bond donors (Lipinski definition) is 2. The molecule has 23 heavy (non-hydrogen) atoms. The summed E-state index contributed by atoms with van der Waals surface area (Å²) >= 11 is 0. The number of rotatable bonds is 4. The maximum absolute atomic E-state index is 13.0. The first-order valence-electron chi connectivity index (χ1n) is 8.14. The van der Waals surface area contributed by atoms with Crippen molar-refractivity contribution < 1.29 is 9.59 Å². The Bertz CT molecular complexity index is 583. The number of aromatic amines is 1. The summed E-state index contributed by atoms with van der Waals surface area (Å²) in [7, 11) is 0. The second kappa shape index (κ2) is 7.97. The van der Waals surface area contributed by atoms with E-state index < -0.39 is 0 Å². The van der Waals surface area contributed by atoms with Crippen molar-refractivity contribution in [2.45, 2.75) is 53.0 Å². The number of piperidine rings is 1. The average Bonchev–Trinajstić information content (AvgIpc) is 2.83. The van der Waals surface area contributed by atoms with Crippen LogP contribution in [-0.2, 0) is 6.42 Å². The Labute approximate surface area is 144 Å². The van der Waals surface area contributed by atoms with Crippen LogP contribution in [0.25, 0.3) is 0 Å². The molecule has 0 saturated carbocycles. The van der Waals surface area contributed by atoms with Crippen LogP contribution in [0.15, 0.2) is 0 Å². The molecule has 2 unspecified atom stereocenters. The minimum Gasteiger partial charge on any atom is -0.354 e. The van der Waals surface area contributed by atoms with Gasteiger partial charge >= 0.3 is 0 Å². The number of carbonyl (C=O) groups is 2. The van der Waals surface area contributed by atoms with Gasteiger partial charge in [-0.15, -0.1) is 12.4 Å². The zero-order valence-electron chi connectivity index (χ0n) is 14.4. The largest absolute Gasteiger partial charge is 0.354 e. The topological polar surface area (TPSA) is 79.2 Å². The molecule has 5 nitrogen and oxygen atoms in total. The molecule has 2 atom stereocenters. The number of Topliss-reactive ketones (excluding diaryl/α,β-unsaturated/α-hetero) is 1. The molecule has 130 valence electrons. The number of carbonyl (C=O) groups excluding carboxylic acids is 2. The Hall–Kier alpha value is -1.33. The van der Waals surface area contributed by atoms with Gasteiger partial charge in [-0.3, -0.25) is 9.59 Å². The molecule has 0 bridgehead atoms. The molecule has 3 N–H and O–H groups in total. The third kappa shape index (κ3) is 3.78. The quantitative estimate of drug-likeness (QED) is 0.826. The SMILES string of the molecule is CCc1c(C(=O)N2CCC(C)CC2CN)[nH]c(C)c1C(C)=O.Cl. The second-order valence-electron chi connectivity index (χ2n) is 6.41. The maximum Gasteiger partial charge on any atom is 0.270 e. The predicted octanol–water partition coefficient (Wildman–Crippen LogP) is 2.71. The van der Waals surface area contributed by atoms with Crippen molar-refractivity contribution in [3.8, 4) is 0 Å². The van der Waals surface area contributed by atoms with Crippen molar-refractivity contribution in [1.29, 1.82) is 0 Å². The predicted molar refractivity (Wildman–Crippen MR) is 94.4 cm³/mol. The van der Waals surface area contributed by atoms with Crippen molar-refractivity contribution in [2.24, 2.45) is 11.7 Å². The second-order valence-corrected chi connectivity index (χ2v) is 6.41. The smallest absolute Gasteiger partial charge is 0.270 e. The number of nitrogens with two attached hydrogens (primary N) is 1. The molecule has 0 radical (unpaired) electrons. The number of ketones is 1. The normalized spacial score (nSPS) is 21.0. The van der Waals surface area contributed by atoms with Crippen molar-refractivity contribution >= 4 is 24.1 Å². The molecule has 0 spiro atoms. The van der Waals surface area contributed by atoms with E-state index in [0.29, 0.717) is 30.1 Å². The number of H-pyrrole nitrogens is 1. The monoisotopic (exact) mass is 341 g/mol. The maximum atomic E-state index is 13.0. The zero-order chi connectivity index (χ0) is 16.4. The van der Waals surface area contributed by atoms with Gasteiger partial charge in [0.25, 0.3) is 5.91 Å². The van der Waals surface area contributed by atoms with E-state index in [4.69, 9.17) is 5.73 Å². The average molecular weight is 342 g/mol. The number of halogens is 1. The molecule has 1 saturated heterocycles. The lowest BCUT2D eigenvalue weighted by atomic mass is 9.92. The van der Waals surface area contributed by atoms with Gasteiger partial charge in [-0.2, -0.15) is 0 Å². The summed E-state index contributed by atoms with van der Waals surface area (Å²) < 4.78 is 0. The number of nitrogens with one attached hydrogen (secondary N) is 1. The van der Waals surface area contributed by atoms with Crippen LogP contribution in [0.1, 0.15) is 65.7 Å². The van der Waals surface area contributed by atoms with Gasteiger partial charge in [0, 0.05) is 30.4 Å². The number of aryl methyl sites for hydroxylation is 1. The molecule has 1 fully saturated rings. The van der Waals surface area contributed by atoms with Gasteiger partial charge in [-0.1, -0.05) is 13.8 Å². The number of nitrogens with zero attached hydrogens (tertiary/aromatic N) is 1. The first-order valence-corrected chi connectivity index (χ1v) is 8.14. The van der Waals surface area contributed by atoms with Gasteiger partial charge in [-0.25, -0.2) is 0 Å². The Morgan fingerprint density at radius 1 is 1.39 bits per heavy atom. The summed E-state index contributed by atoms with van der Waals surface area (Å²) in [4.78, 5) is 29.9. The number of aromatic nitrogens is 1. The molecular formula is C17H28ClN3O2. The molecule has 2 rings (SSSR count). The molecular weight excluding hydrogens is 314 g/mol. The Kier molecular flexibility index (Phi) is 6.84. The van der Waals surface area contributed by atoms with Crippen LogP contribution >= 0.6 is 12.4 Å². The lowest BCUT2D eigenvalue weighted by molar-refractivity contribution is 0.0567. The Balaban J connectivity index is 0.00000264. The molecule has 0 aliphatic carbocycles. The van der Waals surface area contributed by atoms with Crippen molar-refractivity contribution in [1.82, 2.24) is 9.88 Å². The standard InChI is InChI=1S/C17H27N3O2.ClH/c1-5-14-15(12(4)21)11(3)19-16(14)17(22)20-7-6-10(2)8-13(20)9-18;/h10,13,19H,5-9,18H2,1-4H3;1H. The fourth-order valence-electron chi connectivity index (χ4n) is 3.58. The van der Waals surface area contributed by atoms with E-state index in [1.165, 1.54) is 0 Å². The third-order valence-corrected chi connectivity index (χ3v) is 4.72. The van der Waals surface area contributed by atoms with Crippen LogP contribution in [0, 0.1) is 12.8 Å². The van der Waals surface area contributed by atoms with Gasteiger partial charge in [0.1, 0.15) is 5.69 Å². The van der Waals surface area contributed by atoms with Crippen LogP contribution in [0.5, 0.6) is 0 Å². The minimum absolute atomic E-state index is 0. The number of amides is 1. The van der Waals surface area contributed by atoms with Gasteiger partial charge < -0.3 is 15.6 Å². The summed E-state index contributed by atoms with van der Waals surface area (Å²) in [5, 5.41) is 0. The van der Waals surface area contributed by atoms with E-state index in [1.807, 2.05) is 18.7 Å². The highest BCUT2D eigenvalue weighted by Gasteiger charge is 2.32. The first kappa shape index (κ1) is 19.7. The first-order chi connectivity index (χ1) is 10.4. The molecule has 1 aliphatic rings. The lowest BCUT2D eigenvalue weighted by Crippen LogP contribution is -2.49. The Morgan fingerprint density at radius 2 is 2.04 bits per heavy atom. The molecule has 6 heteroatoms. The van der Waals surface area contributed by atoms with E-state index in [2.05, 4.69) is 11.9 Å². The molecule has 1 aliphatic heterocycles. The number of likely N-dealkylation sites (tertiary alicyclic amines) is 1. The van der Waals surface area contributed by atoms with Gasteiger partial charge in [0.15, 0.2) is 5.78 Å². The minimum atomic E-state index is -0.0187. The highest BCUT2D eigenvalue weighted by atomic mass is 35.5. The highest BCUT2D eigenvalue weighted by Crippen LogP contribution is 2.27. The van der Waals surface area contributed by atoms with Crippen molar-refractivity contribution in [3.05, 3.63) is 22.5 Å². The zero-order valence-corrected chi connectivity index (χ0v) is 15.3. The van der Waals surface area contributed by atoms with Gasteiger partial charge in [-0.05, 0) is 44.6 Å². The summed E-state index contributed by atoms with van der Waals surface area (Å²) in [6.45, 7) is 8.80. The molecule has 1 amide bonds. The van der Waals surface area contributed by atoms with E-state index in [0.717, 1.165) is 30.6 Å². The summed E-state index contributed by atoms with van der Waals surface area (Å²) in [5.74, 6) is 0.587. The number of hydrogen-bond acceptors (Lipinski definition) is 3. The fraction of sp³-hybridized carbons (Fsp3) is 0.647. The molecule has 0 aromatic carbocycles. The Morgan fingerprint density at radius 3 is 2.57 bits per heavy atom. The third-order valence-electron chi connectivity index (χ3n) is 4.72. The molecule has 1 aromatic heterocycles. The lowest BCUT2D eigenvalue weighted by Gasteiger charge is -2.38.